The molecule has 20 heavy (non-hydrogen) atoms. The molecule has 1 heterocycles. The quantitative estimate of drug-likeness (QED) is 0.796. The SMILES string of the molecule is COC(=O)c1ccc(COc2cccc(C#N)c2)nc1. The van der Waals surface area contributed by atoms with Crippen molar-refractivity contribution in [3.05, 3.63) is 59.4 Å². The predicted molar refractivity (Wildman–Crippen MR) is 71.1 cm³/mol. The number of pyridine rings is 1. The van der Waals surface area contributed by atoms with Gasteiger partial charge in [0.15, 0.2) is 0 Å². The number of nitrogens with zero attached hydrogens (tertiary/aromatic N) is 2. The second-order valence-corrected chi connectivity index (χ2v) is 3.96. The standard InChI is InChI=1S/C15H12N2O3/c1-19-15(18)12-5-6-13(17-9-12)10-20-14-4-2-3-11(7-14)8-16/h2-7,9H,10H2,1H3. The Labute approximate surface area is 116 Å². The molecule has 1 aromatic heterocycles. The highest BCUT2D eigenvalue weighted by Gasteiger charge is 2.05. The summed E-state index contributed by atoms with van der Waals surface area (Å²) in [6.07, 6.45) is 1.44. The first kappa shape index (κ1) is 13.6. The third-order valence-electron chi connectivity index (χ3n) is 2.60. The van der Waals surface area contributed by atoms with Gasteiger partial charge in [-0.1, -0.05) is 6.07 Å². The average molecular weight is 268 g/mol. The molecule has 0 fully saturated rings. The Bertz CT molecular complexity index is 645. The number of methoxy groups -OCH3 is 1. The second kappa shape index (κ2) is 6.34. The van der Waals surface area contributed by atoms with Crippen LogP contribution in [0, 0.1) is 11.3 Å². The van der Waals surface area contributed by atoms with Gasteiger partial charge in [0, 0.05) is 6.20 Å². The summed E-state index contributed by atoms with van der Waals surface area (Å²) < 4.78 is 10.1. The molecular weight excluding hydrogens is 256 g/mol. The van der Waals surface area contributed by atoms with Gasteiger partial charge in [-0.25, -0.2) is 4.79 Å². The van der Waals surface area contributed by atoms with Crippen molar-refractivity contribution in [2.45, 2.75) is 6.61 Å². The third-order valence-corrected chi connectivity index (χ3v) is 2.60. The summed E-state index contributed by atoms with van der Waals surface area (Å²) in [5, 5.41) is 8.79. The van der Waals surface area contributed by atoms with E-state index in [2.05, 4.69) is 9.72 Å². The van der Waals surface area contributed by atoms with E-state index >= 15 is 0 Å². The molecule has 2 rings (SSSR count). The van der Waals surface area contributed by atoms with E-state index < -0.39 is 5.97 Å². The van der Waals surface area contributed by atoms with Gasteiger partial charge in [-0.3, -0.25) is 4.98 Å². The van der Waals surface area contributed by atoms with Crippen LogP contribution >= 0.6 is 0 Å². The molecule has 0 radical (unpaired) electrons. The minimum atomic E-state index is -0.424. The summed E-state index contributed by atoms with van der Waals surface area (Å²) in [7, 11) is 1.32. The molecule has 0 saturated heterocycles. The number of nitriles is 1. The maximum atomic E-state index is 11.3. The lowest BCUT2D eigenvalue weighted by atomic mass is 10.2. The Balaban J connectivity index is 2.00. The van der Waals surface area contributed by atoms with Gasteiger partial charge < -0.3 is 9.47 Å². The van der Waals surface area contributed by atoms with E-state index in [-0.39, 0.29) is 6.61 Å². The number of hydrogen-bond donors (Lipinski definition) is 0. The van der Waals surface area contributed by atoms with Crippen LogP contribution in [-0.2, 0) is 11.3 Å². The third kappa shape index (κ3) is 3.33. The summed E-state index contributed by atoms with van der Waals surface area (Å²) in [6.45, 7) is 0.260. The smallest absolute Gasteiger partial charge is 0.339 e. The van der Waals surface area contributed by atoms with E-state index in [1.54, 1.807) is 36.4 Å². The van der Waals surface area contributed by atoms with Crippen molar-refractivity contribution in [1.29, 1.82) is 5.26 Å². The molecule has 0 bridgehead atoms. The van der Waals surface area contributed by atoms with Gasteiger partial charge >= 0.3 is 5.97 Å². The number of benzene rings is 1. The number of carbonyl (C=O) groups excluding carboxylic acids is 1. The molecule has 1 aromatic carbocycles. The molecule has 2 aromatic rings. The van der Waals surface area contributed by atoms with Crippen molar-refractivity contribution >= 4 is 5.97 Å². The normalized spacial score (nSPS) is 9.60. The number of hydrogen-bond acceptors (Lipinski definition) is 5. The van der Waals surface area contributed by atoms with Crippen LogP contribution in [0.4, 0.5) is 0 Å². The monoisotopic (exact) mass is 268 g/mol. The van der Waals surface area contributed by atoms with Crippen LogP contribution in [-0.4, -0.2) is 18.1 Å². The maximum absolute atomic E-state index is 11.3. The summed E-state index contributed by atoms with van der Waals surface area (Å²) in [6, 6.07) is 12.2. The molecule has 0 aliphatic carbocycles. The molecule has 0 N–H and O–H groups in total. The van der Waals surface area contributed by atoms with Crippen molar-refractivity contribution < 1.29 is 14.3 Å². The largest absolute Gasteiger partial charge is 0.487 e. The number of ether oxygens (including phenoxy) is 2. The Kier molecular flexibility index (Phi) is 4.30. The van der Waals surface area contributed by atoms with Crippen molar-refractivity contribution in [3.8, 4) is 11.8 Å². The number of rotatable bonds is 4. The molecule has 0 amide bonds. The lowest BCUT2D eigenvalue weighted by Crippen LogP contribution is -2.04. The Morgan fingerprint density at radius 2 is 2.20 bits per heavy atom. The first-order valence-corrected chi connectivity index (χ1v) is 5.89. The maximum Gasteiger partial charge on any atom is 0.339 e. The number of carbonyl (C=O) groups is 1. The molecule has 5 nitrogen and oxygen atoms in total. The fraction of sp³-hybridized carbons (Fsp3) is 0.133. The van der Waals surface area contributed by atoms with Gasteiger partial charge in [-0.15, -0.1) is 0 Å². The van der Waals surface area contributed by atoms with Gasteiger partial charge in [-0.2, -0.15) is 5.26 Å². The Morgan fingerprint density at radius 3 is 2.85 bits per heavy atom. The van der Waals surface area contributed by atoms with Crippen molar-refractivity contribution in [1.82, 2.24) is 4.98 Å². The molecule has 0 aliphatic rings. The summed E-state index contributed by atoms with van der Waals surface area (Å²) in [5.41, 5.74) is 1.61. The lowest BCUT2D eigenvalue weighted by Gasteiger charge is -2.06. The van der Waals surface area contributed by atoms with E-state index in [4.69, 9.17) is 10.00 Å². The molecule has 0 atom stereocenters. The van der Waals surface area contributed by atoms with Gasteiger partial charge in [0.05, 0.1) is 30.0 Å². The van der Waals surface area contributed by atoms with Crippen molar-refractivity contribution in [2.24, 2.45) is 0 Å². The van der Waals surface area contributed by atoms with Crippen LogP contribution in [0.5, 0.6) is 5.75 Å². The van der Waals surface area contributed by atoms with Gasteiger partial charge in [-0.05, 0) is 30.3 Å². The van der Waals surface area contributed by atoms with E-state index in [1.165, 1.54) is 13.3 Å². The van der Waals surface area contributed by atoms with Crippen LogP contribution in [0.1, 0.15) is 21.6 Å². The van der Waals surface area contributed by atoms with E-state index in [9.17, 15) is 4.79 Å². The minimum absolute atomic E-state index is 0.260. The van der Waals surface area contributed by atoms with Crippen LogP contribution < -0.4 is 4.74 Å². The highest BCUT2D eigenvalue weighted by Crippen LogP contribution is 2.14. The van der Waals surface area contributed by atoms with Crippen LogP contribution in [0.15, 0.2) is 42.6 Å². The molecule has 0 aliphatic heterocycles. The molecule has 100 valence electrons. The van der Waals surface area contributed by atoms with Crippen LogP contribution in [0.2, 0.25) is 0 Å². The molecule has 0 unspecified atom stereocenters. The topological polar surface area (TPSA) is 72.2 Å². The van der Waals surface area contributed by atoms with Crippen molar-refractivity contribution in [2.75, 3.05) is 7.11 Å². The summed E-state index contributed by atoms with van der Waals surface area (Å²) in [5.74, 6) is 0.176. The Morgan fingerprint density at radius 1 is 1.35 bits per heavy atom. The first-order valence-electron chi connectivity index (χ1n) is 5.89. The first-order chi connectivity index (χ1) is 9.72. The van der Waals surface area contributed by atoms with Crippen LogP contribution in [0.3, 0.4) is 0 Å². The predicted octanol–water partition coefficient (Wildman–Crippen LogP) is 2.32. The fourth-order valence-corrected chi connectivity index (χ4v) is 1.56. The molecular formula is C15H12N2O3. The molecule has 0 saturated carbocycles. The molecule has 5 heteroatoms. The van der Waals surface area contributed by atoms with Gasteiger partial charge in [0.25, 0.3) is 0 Å². The zero-order valence-electron chi connectivity index (χ0n) is 10.9. The van der Waals surface area contributed by atoms with Gasteiger partial charge in [0.2, 0.25) is 0 Å². The Hall–Kier alpha value is -2.87. The molecule has 0 spiro atoms. The zero-order valence-corrected chi connectivity index (χ0v) is 10.9. The van der Waals surface area contributed by atoms with Crippen molar-refractivity contribution in [3.63, 3.8) is 0 Å². The number of esters is 1. The highest BCUT2D eigenvalue weighted by molar-refractivity contribution is 5.88. The average Bonchev–Trinajstić information content (AvgIpc) is 2.53. The lowest BCUT2D eigenvalue weighted by molar-refractivity contribution is 0.0600. The van der Waals surface area contributed by atoms with E-state index in [0.29, 0.717) is 22.6 Å². The van der Waals surface area contributed by atoms with Crippen LogP contribution in [0.25, 0.3) is 0 Å². The summed E-state index contributed by atoms with van der Waals surface area (Å²) in [4.78, 5) is 15.4. The summed E-state index contributed by atoms with van der Waals surface area (Å²) >= 11 is 0. The highest BCUT2D eigenvalue weighted by atomic mass is 16.5. The zero-order chi connectivity index (χ0) is 14.4. The number of aromatic nitrogens is 1. The minimum Gasteiger partial charge on any atom is -0.487 e. The van der Waals surface area contributed by atoms with E-state index in [0.717, 1.165) is 0 Å². The van der Waals surface area contributed by atoms with Gasteiger partial charge in [0.1, 0.15) is 12.4 Å². The van der Waals surface area contributed by atoms with E-state index in [1.807, 2.05) is 6.07 Å². The second-order valence-electron chi connectivity index (χ2n) is 3.96. The fourth-order valence-electron chi connectivity index (χ4n) is 1.56.